The van der Waals surface area contributed by atoms with Crippen LogP contribution in [0.1, 0.15) is 19.9 Å². The average Bonchev–Trinajstić information content (AvgIpc) is 3.21. The lowest BCUT2D eigenvalue weighted by atomic mass is 10.1. The number of oxazole rings is 1. The summed E-state index contributed by atoms with van der Waals surface area (Å²) < 4.78 is 7.56. The topological polar surface area (TPSA) is 56.7 Å². The highest BCUT2D eigenvalue weighted by atomic mass is 35.5. The lowest BCUT2D eigenvalue weighted by molar-refractivity contribution is 0.530. The zero-order chi connectivity index (χ0) is 16.7. The van der Waals surface area contributed by atoms with Gasteiger partial charge < -0.3 is 4.42 Å². The Morgan fingerprint density at radius 2 is 1.96 bits per heavy atom. The fourth-order valence-corrected chi connectivity index (χ4v) is 2.94. The lowest BCUT2D eigenvalue weighted by Gasteiger charge is -2.07. The van der Waals surface area contributed by atoms with Gasteiger partial charge in [0.2, 0.25) is 0 Å². The molecule has 0 unspecified atom stereocenters. The Morgan fingerprint density at radius 1 is 1.08 bits per heavy atom. The summed E-state index contributed by atoms with van der Waals surface area (Å²) in [6, 6.07) is 13.8. The van der Waals surface area contributed by atoms with Crippen LogP contribution in [0, 0.1) is 0 Å². The fraction of sp³-hybridized carbons (Fsp3) is 0.167. The van der Waals surface area contributed by atoms with Crippen LogP contribution in [0.3, 0.4) is 0 Å². The van der Waals surface area contributed by atoms with Gasteiger partial charge in [-0.25, -0.2) is 9.67 Å². The van der Waals surface area contributed by atoms with Crippen LogP contribution >= 0.6 is 11.6 Å². The van der Waals surface area contributed by atoms with E-state index in [0.717, 1.165) is 27.9 Å². The lowest BCUT2D eigenvalue weighted by Crippen LogP contribution is -2.02. The standard InChI is InChI=1S/C18H15ClN4O/c1-11(2)23-16-9-13(6-7-15(16)21-22-23)18-17(20-10-24-18)12-4-3-5-14(19)8-12/h3-11H,1-2H3. The van der Waals surface area contributed by atoms with Gasteiger partial charge in [0.1, 0.15) is 11.2 Å². The van der Waals surface area contributed by atoms with Gasteiger partial charge in [0, 0.05) is 22.2 Å². The molecular weight excluding hydrogens is 324 g/mol. The van der Waals surface area contributed by atoms with Crippen LogP contribution in [0.25, 0.3) is 33.6 Å². The number of hydrogen-bond donors (Lipinski definition) is 0. The molecule has 4 aromatic rings. The van der Waals surface area contributed by atoms with Crippen molar-refractivity contribution in [1.29, 1.82) is 0 Å². The largest absolute Gasteiger partial charge is 0.443 e. The van der Waals surface area contributed by atoms with E-state index in [1.807, 2.05) is 47.1 Å². The summed E-state index contributed by atoms with van der Waals surface area (Å²) in [5, 5.41) is 9.08. The third-order valence-corrected chi connectivity index (χ3v) is 4.12. The van der Waals surface area contributed by atoms with E-state index in [4.69, 9.17) is 16.0 Å². The van der Waals surface area contributed by atoms with Gasteiger partial charge in [0.15, 0.2) is 12.2 Å². The first-order chi connectivity index (χ1) is 11.6. The number of benzene rings is 2. The molecule has 0 spiro atoms. The van der Waals surface area contributed by atoms with Crippen LogP contribution in [-0.2, 0) is 0 Å². The summed E-state index contributed by atoms with van der Waals surface area (Å²) >= 11 is 6.10. The molecule has 4 rings (SSSR count). The zero-order valence-corrected chi connectivity index (χ0v) is 14.0. The second-order valence-electron chi connectivity index (χ2n) is 5.87. The van der Waals surface area contributed by atoms with E-state index in [-0.39, 0.29) is 6.04 Å². The Labute approximate surface area is 143 Å². The Balaban J connectivity index is 1.87. The van der Waals surface area contributed by atoms with Crippen molar-refractivity contribution in [2.75, 3.05) is 0 Å². The summed E-state index contributed by atoms with van der Waals surface area (Å²) in [5.74, 6) is 0.704. The molecule has 2 aromatic carbocycles. The second kappa shape index (κ2) is 5.76. The second-order valence-corrected chi connectivity index (χ2v) is 6.31. The van der Waals surface area contributed by atoms with Crippen molar-refractivity contribution in [2.45, 2.75) is 19.9 Å². The third-order valence-electron chi connectivity index (χ3n) is 3.89. The van der Waals surface area contributed by atoms with Gasteiger partial charge >= 0.3 is 0 Å². The molecule has 0 aliphatic heterocycles. The maximum Gasteiger partial charge on any atom is 0.182 e. The molecule has 5 nitrogen and oxygen atoms in total. The summed E-state index contributed by atoms with van der Waals surface area (Å²) in [4.78, 5) is 4.37. The number of hydrogen-bond acceptors (Lipinski definition) is 4. The summed E-state index contributed by atoms with van der Waals surface area (Å²) in [7, 11) is 0. The molecule has 0 aliphatic rings. The highest BCUT2D eigenvalue weighted by Gasteiger charge is 2.16. The van der Waals surface area contributed by atoms with Gasteiger partial charge in [-0.15, -0.1) is 5.10 Å². The van der Waals surface area contributed by atoms with Gasteiger partial charge in [-0.1, -0.05) is 28.9 Å². The highest BCUT2D eigenvalue weighted by Crippen LogP contribution is 2.33. The smallest absolute Gasteiger partial charge is 0.182 e. The van der Waals surface area contributed by atoms with Crippen LogP contribution in [-0.4, -0.2) is 20.0 Å². The molecule has 0 fully saturated rings. The predicted octanol–water partition coefficient (Wildman–Crippen LogP) is 4.99. The van der Waals surface area contributed by atoms with E-state index in [2.05, 4.69) is 29.1 Å². The molecule has 2 aromatic heterocycles. The van der Waals surface area contributed by atoms with E-state index in [1.165, 1.54) is 6.39 Å². The SMILES string of the molecule is CC(C)n1nnc2ccc(-c3ocnc3-c3cccc(Cl)c3)cc21. The van der Waals surface area contributed by atoms with Crippen molar-refractivity contribution in [3.63, 3.8) is 0 Å². The van der Waals surface area contributed by atoms with Crippen LogP contribution in [0.5, 0.6) is 0 Å². The van der Waals surface area contributed by atoms with Crippen LogP contribution < -0.4 is 0 Å². The average molecular weight is 339 g/mol. The molecule has 0 saturated carbocycles. The Kier molecular flexibility index (Phi) is 3.58. The summed E-state index contributed by atoms with van der Waals surface area (Å²) in [5.41, 5.74) is 4.44. The number of aromatic nitrogens is 4. The molecule has 2 heterocycles. The van der Waals surface area contributed by atoms with Gasteiger partial charge in [-0.2, -0.15) is 0 Å². The van der Waals surface area contributed by atoms with Crippen molar-refractivity contribution in [1.82, 2.24) is 20.0 Å². The zero-order valence-electron chi connectivity index (χ0n) is 13.3. The minimum absolute atomic E-state index is 0.229. The number of fused-ring (bicyclic) bond motifs is 1. The molecule has 0 aliphatic carbocycles. The van der Waals surface area contributed by atoms with Crippen molar-refractivity contribution in [3.8, 4) is 22.6 Å². The van der Waals surface area contributed by atoms with Gasteiger partial charge in [0.25, 0.3) is 0 Å². The quantitative estimate of drug-likeness (QED) is 0.528. The van der Waals surface area contributed by atoms with E-state index in [9.17, 15) is 0 Å². The summed E-state index contributed by atoms with van der Waals surface area (Å²) in [6.45, 7) is 4.15. The first-order valence-corrected chi connectivity index (χ1v) is 8.06. The van der Waals surface area contributed by atoms with Gasteiger partial charge in [0.05, 0.1) is 5.52 Å². The summed E-state index contributed by atoms with van der Waals surface area (Å²) in [6.07, 6.45) is 1.45. The van der Waals surface area contributed by atoms with Crippen LogP contribution in [0.2, 0.25) is 5.02 Å². The molecule has 6 heteroatoms. The minimum atomic E-state index is 0.229. The maximum absolute atomic E-state index is 6.10. The molecule has 0 bridgehead atoms. The first kappa shape index (κ1) is 14.9. The normalized spacial score (nSPS) is 11.5. The molecule has 0 atom stereocenters. The van der Waals surface area contributed by atoms with E-state index >= 15 is 0 Å². The predicted molar refractivity (Wildman–Crippen MR) is 93.9 cm³/mol. The monoisotopic (exact) mass is 338 g/mol. The first-order valence-electron chi connectivity index (χ1n) is 7.68. The Morgan fingerprint density at radius 3 is 2.75 bits per heavy atom. The Bertz CT molecular complexity index is 1020. The van der Waals surface area contributed by atoms with E-state index < -0.39 is 0 Å². The molecule has 0 radical (unpaired) electrons. The van der Waals surface area contributed by atoms with Gasteiger partial charge in [-0.05, 0) is 44.2 Å². The van der Waals surface area contributed by atoms with E-state index in [1.54, 1.807) is 0 Å². The maximum atomic E-state index is 6.10. The molecule has 0 amide bonds. The number of nitrogens with zero attached hydrogens (tertiary/aromatic N) is 4. The molecule has 0 saturated heterocycles. The number of halogens is 1. The van der Waals surface area contributed by atoms with Crippen molar-refractivity contribution >= 4 is 22.6 Å². The number of rotatable bonds is 3. The molecule has 0 N–H and O–H groups in total. The molecule has 120 valence electrons. The Hall–Kier alpha value is -2.66. The van der Waals surface area contributed by atoms with Crippen LogP contribution in [0.4, 0.5) is 0 Å². The van der Waals surface area contributed by atoms with Crippen molar-refractivity contribution < 1.29 is 4.42 Å². The fourth-order valence-electron chi connectivity index (χ4n) is 2.75. The van der Waals surface area contributed by atoms with Crippen molar-refractivity contribution in [2.24, 2.45) is 0 Å². The molecule has 24 heavy (non-hydrogen) atoms. The third kappa shape index (κ3) is 2.47. The van der Waals surface area contributed by atoms with Gasteiger partial charge in [-0.3, -0.25) is 0 Å². The van der Waals surface area contributed by atoms with E-state index in [0.29, 0.717) is 10.8 Å². The van der Waals surface area contributed by atoms with Crippen molar-refractivity contribution in [3.05, 3.63) is 53.9 Å². The molecular formula is C18H15ClN4O. The van der Waals surface area contributed by atoms with Crippen LogP contribution in [0.15, 0.2) is 53.3 Å². The highest BCUT2D eigenvalue weighted by molar-refractivity contribution is 6.30. The minimum Gasteiger partial charge on any atom is -0.443 e.